The van der Waals surface area contributed by atoms with Crippen molar-refractivity contribution in [3.05, 3.63) is 35.4 Å². The summed E-state index contributed by atoms with van der Waals surface area (Å²) >= 11 is 1.51. The van der Waals surface area contributed by atoms with Crippen molar-refractivity contribution in [3.8, 4) is 0 Å². The second-order valence-corrected chi connectivity index (χ2v) is 5.44. The van der Waals surface area contributed by atoms with Crippen molar-refractivity contribution in [2.75, 3.05) is 18.6 Å². The van der Waals surface area contributed by atoms with E-state index >= 15 is 0 Å². The lowest BCUT2D eigenvalue weighted by atomic mass is 10.2. The third kappa shape index (κ3) is 6.12. The molecule has 0 heterocycles. The third-order valence-electron chi connectivity index (χ3n) is 2.83. The molecule has 116 valence electrons. The van der Waals surface area contributed by atoms with Gasteiger partial charge in [0.05, 0.1) is 6.42 Å². The van der Waals surface area contributed by atoms with Crippen molar-refractivity contribution in [1.82, 2.24) is 4.90 Å². The Balaban J connectivity index is 2.76. The van der Waals surface area contributed by atoms with Gasteiger partial charge in [-0.3, -0.25) is 9.59 Å². The van der Waals surface area contributed by atoms with Gasteiger partial charge in [0, 0.05) is 25.3 Å². The monoisotopic (exact) mass is 317 g/mol. The molecule has 0 spiro atoms. The van der Waals surface area contributed by atoms with Crippen LogP contribution in [0.5, 0.6) is 0 Å². The molecule has 0 bridgehead atoms. The van der Waals surface area contributed by atoms with Crippen molar-refractivity contribution in [2.45, 2.75) is 19.4 Å². The van der Waals surface area contributed by atoms with Crippen molar-refractivity contribution in [1.29, 1.82) is 0 Å². The standard InChI is InChI=1S/C14H17F2NO3S/c1-21-7-5-13(18)17(6-4-14(19)20)9-10-2-3-11(15)12(16)8-10/h2-3,8H,4-7,9H2,1H3,(H,19,20). The van der Waals surface area contributed by atoms with Crippen LogP contribution in [0.25, 0.3) is 0 Å². The van der Waals surface area contributed by atoms with Crippen LogP contribution < -0.4 is 0 Å². The highest BCUT2D eigenvalue weighted by molar-refractivity contribution is 7.98. The predicted molar refractivity (Wildman–Crippen MR) is 77.0 cm³/mol. The molecule has 21 heavy (non-hydrogen) atoms. The Morgan fingerprint density at radius 3 is 2.52 bits per heavy atom. The predicted octanol–water partition coefficient (Wildman–Crippen LogP) is 2.52. The Hall–Kier alpha value is -1.63. The minimum absolute atomic E-state index is 0.0432. The first-order valence-electron chi connectivity index (χ1n) is 6.36. The number of aliphatic carboxylic acids is 1. The largest absolute Gasteiger partial charge is 0.481 e. The van der Waals surface area contributed by atoms with Crippen LogP contribution in [-0.4, -0.2) is 40.4 Å². The molecular formula is C14H17F2NO3S. The van der Waals surface area contributed by atoms with Gasteiger partial charge in [-0.05, 0) is 24.0 Å². The van der Waals surface area contributed by atoms with Crippen LogP contribution in [0.1, 0.15) is 18.4 Å². The normalized spacial score (nSPS) is 10.4. The first-order valence-corrected chi connectivity index (χ1v) is 7.76. The fourth-order valence-corrected chi connectivity index (χ4v) is 2.11. The highest BCUT2D eigenvalue weighted by atomic mass is 32.2. The van der Waals surface area contributed by atoms with E-state index in [4.69, 9.17) is 5.11 Å². The van der Waals surface area contributed by atoms with E-state index < -0.39 is 17.6 Å². The summed E-state index contributed by atoms with van der Waals surface area (Å²) in [5.74, 6) is -2.52. The lowest BCUT2D eigenvalue weighted by Crippen LogP contribution is -2.32. The molecule has 0 saturated carbocycles. The van der Waals surface area contributed by atoms with Crippen molar-refractivity contribution < 1.29 is 23.5 Å². The molecule has 0 radical (unpaired) electrons. The smallest absolute Gasteiger partial charge is 0.305 e. The van der Waals surface area contributed by atoms with Crippen LogP contribution in [0.15, 0.2) is 18.2 Å². The van der Waals surface area contributed by atoms with E-state index in [0.717, 1.165) is 12.1 Å². The van der Waals surface area contributed by atoms with Gasteiger partial charge in [-0.2, -0.15) is 11.8 Å². The summed E-state index contributed by atoms with van der Waals surface area (Å²) < 4.78 is 26.1. The Bertz CT molecular complexity index is 511. The van der Waals surface area contributed by atoms with E-state index in [1.165, 1.54) is 22.7 Å². The van der Waals surface area contributed by atoms with Crippen molar-refractivity contribution in [2.24, 2.45) is 0 Å². The van der Waals surface area contributed by atoms with Gasteiger partial charge in [0.25, 0.3) is 0 Å². The quantitative estimate of drug-likeness (QED) is 0.800. The van der Waals surface area contributed by atoms with E-state index in [-0.39, 0.29) is 31.8 Å². The number of nitrogens with zero attached hydrogens (tertiary/aromatic N) is 1. The number of thioether (sulfide) groups is 1. The molecule has 0 aliphatic heterocycles. The second-order valence-electron chi connectivity index (χ2n) is 4.45. The number of rotatable bonds is 8. The van der Waals surface area contributed by atoms with Crippen molar-refractivity contribution in [3.63, 3.8) is 0 Å². The Labute approximate surface area is 126 Å². The van der Waals surface area contributed by atoms with E-state index in [1.54, 1.807) is 0 Å². The molecule has 1 N–H and O–H groups in total. The number of benzene rings is 1. The Morgan fingerprint density at radius 1 is 1.24 bits per heavy atom. The highest BCUT2D eigenvalue weighted by Gasteiger charge is 2.16. The minimum Gasteiger partial charge on any atom is -0.481 e. The molecule has 0 fully saturated rings. The zero-order valence-electron chi connectivity index (χ0n) is 11.6. The Kier molecular flexibility index (Phi) is 7.14. The molecule has 0 aromatic heterocycles. The summed E-state index contributed by atoms with van der Waals surface area (Å²) in [6.07, 6.45) is 1.96. The number of carboxylic acids is 1. The second kappa shape index (κ2) is 8.61. The summed E-state index contributed by atoms with van der Waals surface area (Å²) in [4.78, 5) is 24.0. The summed E-state index contributed by atoms with van der Waals surface area (Å²) in [5, 5.41) is 8.72. The lowest BCUT2D eigenvalue weighted by Gasteiger charge is -2.22. The van der Waals surface area contributed by atoms with Crippen LogP contribution >= 0.6 is 11.8 Å². The number of hydrogen-bond acceptors (Lipinski definition) is 3. The number of hydrogen-bond donors (Lipinski definition) is 1. The number of amides is 1. The van der Waals surface area contributed by atoms with Gasteiger partial charge < -0.3 is 10.0 Å². The summed E-state index contributed by atoms with van der Waals surface area (Å²) in [6.45, 7) is 0.110. The topological polar surface area (TPSA) is 57.6 Å². The third-order valence-corrected chi connectivity index (χ3v) is 3.44. The van der Waals surface area contributed by atoms with Crippen LogP contribution in [0.2, 0.25) is 0 Å². The van der Waals surface area contributed by atoms with E-state index in [1.807, 2.05) is 6.26 Å². The van der Waals surface area contributed by atoms with Gasteiger partial charge in [-0.15, -0.1) is 0 Å². The zero-order chi connectivity index (χ0) is 15.8. The maximum absolute atomic E-state index is 13.2. The van der Waals surface area contributed by atoms with Crippen LogP contribution in [-0.2, 0) is 16.1 Å². The molecule has 0 saturated heterocycles. The maximum atomic E-state index is 13.2. The number of halogens is 2. The average molecular weight is 317 g/mol. The van der Waals surface area contributed by atoms with Gasteiger partial charge in [0.2, 0.25) is 5.91 Å². The van der Waals surface area contributed by atoms with Gasteiger partial charge >= 0.3 is 5.97 Å². The molecular weight excluding hydrogens is 300 g/mol. The molecule has 0 unspecified atom stereocenters. The summed E-state index contributed by atoms with van der Waals surface area (Å²) in [7, 11) is 0. The maximum Gasteiger partial charge on any atom is 0.305 e. The number of carboxylic acid groups (broad SMARTS) is 1. The molecule has 1 amide bonds. The first-order chi connectivity index (χ1) is 9.93. The fraction of sp³-hybridized carbons (Fsp3) is 0.429. The fourth-order valence-electron chi connectivity index (χ4n) is 1.73. The molecule has 1 aromatic carbocycles. The van der Waals surface area contributed by atoms with Gasteiger partial charge in [-0.25, -0.2) is 8.78 Å². The summed E-state index contributed by atoms with van der Waals surface area (Å²) in [6, 6.07) is 3.39. The van der Waals surface area contributed by atoms with Crippen LogP contribution in [0.4, 0.5) is 8.78 Å². The molecule has 0 aliphatic carbocycles. The van der Waals surface area contributed by atoms with Crippen LogP contribution in [0, 0.1) is 11.6 Å². The molecule has 0 atom stereocenters. The van der Waals surface area contributed by atoms with E-state index in [9.17, 15) is 18.4 Å². The van der Waals surface area contributed by atoms with Crippen LogP contribution in [0.3, 0.4) is 0 Å². The van der Waals surface area contributed by atoms with E-state index in [0.29, 0.717) is 11.3 Å². The molecule has 4 nitrogen and oxygen atoms in total. The molecule has 1 aromatic rings. The summed E-state index contributed by atoms with van der Waals surface area (Å²) in [5.41, 5.74) is 0.428. The SMILES string of the molecule is CSCCC(=O)N(CCC(=O)O)Cc1ccc(F)c(F)c1. The first kappa shape index (κ1) is 17.4. The lowest BCUT2D eigenvalue weighted by molar-refractivity contribution is -0.138. The molecule has 1 rings (SSSR count). The highest BCUT2D eigenvalue weighted by Crippen LogP contribution is 2.13. The molecule has 7 heteroatoms. The van der Waals surface area contributed by atoms with Gasteiger partial charge in [0.1, 0.15) is 0 Å². The number of carbonyl (C=O) groups excluding carboxylic acids is 1. The number of carbonyl (C=O) groups is 2. The Morgan fingerprint density at radius 2 is 1.95 bits per heavy atom. The zero-order valence-corrected chi connectivity index (χ0v) is 12.5. The van der Waals surface area contributed by atoms with Crippen molar-refractivity contribution >= 4 is 23.6 Å². The van der Waals surface area contributed by atoms with E-state index in [2.05, 4.69) is 0 Å². The van der Waals surface area contributed by atoms with Gasteiger partial charge in [0.15, 0.2) is 11.6 Å². The average Bonchev–Trinajstić information content (AvgIpc) is 2.44. The molecule has 0 aliphatic rings. The minimum atomic E-state index is -1.01. The van der Waals surface area contributed by atoms with Gasteiger partial charge in [-0.1, -0.05) is 6.07 Å².